The molecule has 0 aliphatic carbocycles. The molecule has 0 aliphatic heterocycles. The van der Waals surface area contributed by atoms with Crippen molar-refractivity contribution in [3.8, 4) is 0 Å². The minimum atomic E-state index is -1.30. The van der Waals surface area contributed by atoms with E-state index in [1.54, 1.807) is 96.9 Å². The maximum Gasteiger partial charge on any atom is 0.311 e. The number of ether oxygens (including phenoxy) is 4. The summed E-state index contributed by atoms with van der Waals surface area (Å²) >= 11 is 0. The van der Waals surface area contributed by atoms with Crippen molar-refractivity contribution >= 4 is 35.7 Å². The Morgan fingerprint density at radius 2 is 0.642 bits per heavy atom. The fourth-order valence-electron chi connectivity index (χ4n) is 4.26. The molecule has 2 amide bonds. The SMILES string of the molecule is CC(C)(C)C(=O)OCC(C)(COC(=O)C(C)(C)C)C(=O)NCCCN(CCCNC(=O)C(C)(COC(=O)C(C)(C)C)COC(=O)C(C)(C)C)C(C)(C)C. The van der Waals surface area contributed by atoms with Gasteiger partial charge in [-0.25, -0.2) is 0 Å². The van der Waals surface area contributed by atoms with E-state index >= 15 is 0 Å². The van der Waals surface area contributed by atoms with E-state index in [9.17, 15) is 28.8 Å². The number of hydrogen-bond donors (Lipinski definition) is 2. The standard InChI is InChI=1S/C40H73N3O10/c1-34(2,3)30(46)50-24-39(16,25-51-31(47)35(4,5)6)28(44)41-20-18-22-43(38(13,14)15)23-19-21-42-29(45)40(17,26-52-32(48)36(7,8)9)27-53-33(49)37(10,11)12/h18-27H2,1-17H3,(H,41,44)(H,42,45). The molecule has 0 radical (unpaired) electrons. The molecular formula is C40H73N3O10. The van der Waals surface area contributed by atoms with E-state index in [4.69, 9.17) is 18.9 Å². The highest BCUT2D eigenvalue weighted by molar-refractivity contribution is 5.85. The van der Waals surface area contributed by atoms with Crippen molar-refractivity contribution in [3.05, 3.63) is 0 Å². The third-order valence-corrected chi connectivity index (χ3v) is 8.36. The van der Waals surface area contributed by atoms with Gasteiger partial charge in [0, 0.05) is 31.7 Å². The summed E-state index contributed by atoms with van der Waals surface area (Å²) in [4.78, 5) is 79.2. The van der Waals surface area contributed by atoms with Gasteiger partial charge >= 0.3 is 23.9 Å². The molecule has 308 valence electrons. The van der Waals surface area contributed by atoms with Crippen molar-refractivity contribution in [1.82, 2.24) is 15.5 Å². The lowest BCUT2D eigenvalue weighted by atomic mass is 9.90. The number of amides is 2. The summed E-state index contributed by atoms with van der Waals surface area (Å²) in [5.41, 5.74) is -5.87. The van der Waals surface area contributed by atoms with Crippen LogP contribution in [0.2, 0.25) is 0 Å². The largest absolute Gasteiger partial charge is 0.464 e. The topological polar surface area (TPSA) is 167 Å². The Morgan fingerprint density at radius 1 is 0.415 bits per heavy atom. The van der Waals surface area contributed by atoms with E-state index in [0.717, 1.165) is 0 Å². The molecule has 0 unspecified atom stereocenters. The van der Waals surface area contributed by atoms with Crippen LogP contribution in [0.5, 0.6) is 0 Å². The lowest BCUT2D eigenvalue weighted by Gasteiger charge is -2.36. The number of nitrogens with zero attached hydrogens (tertiary/aromatic N) is 1. The Morgan fingerprint density at radius 3 is 0.830 bits per heavy atom. The lowest BCUT2D eigenvalue weighted by molar-refractivity contribution is -0.168. The van der Waals surface area contributed by atoms with Crippen LogP contribution in [-0.2, 0) is 47.7 Å². The average molecular weight is 756 g/mol. The Labute approximate surface area is 319 Å². The van der Waals surface area contributed by atoms with Crippen LogP contribution in [0.3, 0.4) is 0 Å². The molecule has 0 aromatic carbocycles. The molecule has 53 heavy (non-hydrogen) atoms. The highest BCUT2D eigenvalue weighted by Crippen LogP contribution is 2.26. The smallest absolute Gasteiger partial charge is 0.311 e. The molecule has 0 aromatic heterocycles. The highest BCUT2D eigenvalue weighted by atomic mass is 16.6. The first-order valence-corrected chi connectivity index (χ1v) is 18.7. The molecule has 0 fully saturated rings. The van der Waals surface area contributed by atoms with Crippen molar-refractivity contribution < 1.29 is 47.7 Å². The Balaban J connectivity index is 5.45. The van der Waals surface area contributed by atoms with Crippen molar-refractivity contribution in [3.63, 3.8) is 0 Å². The van der Waals surface area contributed by atoms with E-state index < -0.39 is 68.2 Å². The number of carbonyl (C=O) groups excluding carboxylic acids is 6. The van der Waals surface area contributed by atoms with Gasteiger partial charge in [0.1, 0.15) is 37.3 Å². The first-order valence-electron chi connectivity index (χ1n) is 18.7. The van der Waals surface area contributed by atoms with E-state index in [1.807, 2.05) is 0 Å². The molecular weight excluding hydrogens is 682 g/mol. The third kappa shape index (κ3) is 18.1. The van der Waals surface area contributed by atoms with E-state index in [2.05, 4.69) is 36.3 Å². The zero-order chi connectivity index (χ0) is 41.9. The predicted octanol–water partition coefficient (Wildman–Crippen LogP) is 5.47. The van der Waals surface area contributed by atoms with Gasteiger partial charge in [-0.05, 0) is 131 Å². The van der Waals surface area contributed by atoms with Crippen LogP contribution in [0.25, 0.3) is 0 Å². The maximum absolute atomic E-state index is 13.4. The first kappa shape index (κ1) is 49.8. The Hall–Kier alpha value is -3.22. The normalized spacial score (nSPS) is 13.2. The molecule has 0 saturated carbocycles. The number of carbonyl (C=O) groups is 6. The van der Waals surface area contributed by atoms with Crippen molar-refractivity contribution in [2.24, 2.45) is 32.5 Å². The highest BCUT2D eigenvalue weighted by Gasteiger charge is 2.40. The monoisotopic (exact) mass is 756 g/mol. The third-order valence-electron chi connectivity index (χ3n) is 8.36. The zero-order valence-corrected chi connectivity index (χ0v) is 36.1. The number of nitrogens with one attached hydrogen (secondary N) is 2. The molecule has 0 rings (SSSR count). The number of esters is 4. The van der Waals surface area contributed by atoms with E-state index in [-0.39, 0.29) is 32.0 Å². The molecule has 0 atom stereocenters. The summed E-state index contributed by atoms with van der Waals surface area (Å²) in [6, 6.07) is 0. The van der Waals surface area contributed by atoms with Crippen LogP contribution in [-0.4, -0.2) is 98.7 Å². The second-order valence-corrected chi connectivity index (χ2v) is 19.8. The number of rotatable bonds is 18. The predicted molar refractivity (Wildman–Crippen MR) is 204 cm³/mol. The lowest BCUT2D eigenvalue weighted by Crippen LogP contribution is -2.49. The Bertz CT molecular complexity index is 1110. The first-order chi connectivity index (χ1) is 23.7. The van der Waals surface area contributed by atoms with Gasteiger partial charge in [-0.3, -0.25) is 33.7 Å². The van der Waals surface area contributed by atoms with Crippen LogP contribution in [0, 0.1) is 32.5 Å². The minimum Gasteiger partial charge on any atom is -0.464 e. The molecule has 0 aliphatic rings. The maximum atomic E-state index is 13.4. The van der Waals surface area contributed by atoms with Gasteiger partial charge in [-0.2, -0.15) is 0 Å². The Kier molecular flexibility index (Phi) is 18.2. The van der Waals surface area contributed by atoms with Gasteiger partial charge in [-0.15, -0.1) is 0 Å². The quantitative estimate of drug-likeness (QED) is 0.104. The molecule has 0 saturated heterocycles. The van der Waals surface area contributed by atoms with Crippen molar-refractivity contribution in [1.29, 1.82) is 0 Å². The van der Waals surface area contributed by atoms with Gasteiger partial charge in [-0.1, -0.05) is 0 Å². The molecule has 0 bridgehead atoms. The zero-order valence-electron chi connectivity index (χ0n) is 36.1. The summed E-state index contributed by atoms with van der Waals surface area (Å²) in [7, 11) is 0. The van der Waals surface area contributed by atoms with E-state index in [1.165, 1.54) is 0 Å². The fraction of sp³-hybridized carbons (Fsp3) is 0.850. The summed E-state index contributed by atoms with van der Waals surface area (Å²) in [6.07, 6.45) is 1.21. The summed E-state index contributed by atoms with van der Waals surface area (Å²) in [6.45, 7) is 31.1. The van der Waals surface area contributed by atoms with Crippen LogP contribution in [0.15, 0.2) is 0 Å². The fourth-order valence-corrected chi connectivity index (χ4v) is 4.26. The van der Waals surface area contributed by atoms with Gasteiger partial charge in [0.15, 0.2) is 0 Å². The molecule has 0 aromatic rings. The van der Waals surface area contributed by atoms with Gasteiger partial charge < -0.3 is 29.6 Å². The van der Waals surface area contributed by atoms with Crippen LogP contribution < -0.4 is 10.6 Å². The second kappa shape index (κ2) is 19.4. The van der Waals surface area contributed by atoms with Crippen LogP contribution in [0.4, 0.5) is 0 Å². The van der Waals surface area contributed by atoms with Crippen LogP contribution >= 0.6 is 0 Å². The molecule has 13 nitrogen and oxygen atoms in total. The summed E-state index contributed by atoms with van der Waals surface area (Å²) in [5, 5.41) is 5.87. The number of hydrogen-bond acceptors (Lipinski definition) is 11. The summed E-state index contributed by atoms with van der Waals surface area (Å²) < 4.78 is 22.0. The summed E-state index contributed by atoms with van der Waals surface area (Å²) in [5.74, 6) is -2.64. The van der Waals surface area contributed by atoms with Crippen molar-refractivity contribution in [2.45, 2.75) is 136 Å². The average Bonchev–Trinajstić information content (AvgIpc) is 2.99. The minimum absolute atomic E-state index is 0.221. The van der Waals surface area contributed by atoms with Gasteiger partial charge in [0.2, 0.25) is 11.8 Å². The van der Waals surface area contributed by atoms with Gasteiger partial charge in [0.05, 0.1) is 21.7 Å². The van der Waals surface area contributed by atoms with Gasteiger partial charge in [0.25, 0.3) is 0 Å². The molecule has 0 spiro atoms. The molecule has 0 heterocycles. The second-order valence-electron chi connectivity index (χ2n) is 19.8. The molecule has 2 N–H and O–H groups in total. The van der Waals surface area contributed by atoms with Crippen molar-refractivity contribution in [2.75, 3.05) is 52.6 Å². The van der Waals surface area contributed by atoms with Crippen LogP contribution in [0.1, 0.15) is 131 Å². The van der Waals surface area contributed by atoms with E-state index in [0.29, 0.717) is 39.0 Å². The molecule has 13 heteroatoms.